The van der Waals surface area contributed by atoms with Crippen molar-refractivity contribution < 1.29 is 15.3 Å². The van der Waals surface area contributed by atoms with E-state index in [4.69, 9.17) is 0 Å². The lowest BCUT2D eigenvalue weighted by Gasteiger charge is -2.36. The molecule has 0 heterocycles. The molecule has 134 valence electrons. The first kappa shape index (κ1) is 18.9. The summed E-state index contributed by atoms with van der Waals surface area (Å²) in [5, 5.41) is 31.3. The molecular formula is C21H32O3. The van der Waals surface area contributed by atoms with Gasteiger partial charge in [0.25, 0.3) is 0 Å². The second-order valence-electron chi connectivity index (χ2n) is 7.60. The molecule has 0 aromatic heterocycles. The van der Waals surface area contributed by atoms with E-state index in [2.05, 4.69) is 20.8 Å². The second kappa shape index (κ2) is 8.06. The summed E-state index contributed by atoms with van der Waals surface area (Å²) in [5.41, 5.74) is 2.52. The molecule has 0 saturated carbocycles. The van der Waals surface area contributed by atoms with Gasteiger partial charge in [-0.25, -0.2) is 0 Å². The Labute approximate surface area is 146 Å². The first-order valence-electron chi connectivity index (χ1n) is 9.26. The van der Waals surface area contributed by atoms with Crippen molar-refractivity contribution in [1.82, 2.24) is 0 Å². The first-order chi connectivity index (χ1) is 11.3. The maximum absolute atomic E-state index is 10.6. The van der Waals surface area contributed by atoms with Crippen LogP contribution in [0.5, 0.6) is 11.5 Å². The lowest BCUT2D eigenvalue weighted by molar-refractivity contribution is 0.139. The van der Waals surface area contributed by atoms with Gasteiger partial charge in [-0.3, -0.25) is 0 Å². The van der Waals surface area contributed by atoms with E-state index < -0.39 is 6.10 Å². The molecule has 0 saturated heterocycles. The summed E-state index contributed by atoms with van der Waals surface area (Å²) in [6.07, 6.45) is 6.51. The van der Waals surface area contributed by atoms with Crippen molar-refractivity contribution in [1.29, 1.82) is 0 Å². The van der Waals surface area contributed by atoms with Crippen LogP contribution in [0.1, 0.15) is 70.4 Å². The molecule has 24 heavy (non-hydrogen) atoms. The Balaban J connectivity index is 2.35. The number of rotatable bonds is 6. The van der Waals surface area contributed by atoms with Gasteiger partial charge in [-0.1, -0.05) is 39.7 Å². The summed E-state index contributed by atoms with van der Waals surface area (Å²) in [5.74, 6) is 0.858. The molecule has 1 aliphatic carbocycles. The van der Waals surface area contributed by atoms with Gasteiger partial charge in [0.05, 0.1) is 6.10 Å². The maximum atomic E-state index is 10.6. The molecule has 0 radical (unpaired) electrons. The highest BCUT2D eigenvalue weighted by Crippen LogP contribution is 2.46. The van der Waals surface area contributed by atoms with E-state index in [1.165, 1.54) is 0 Å². The van der Waals surface area contributed by atoms with Crippen molar-refractivity contribution in [3.8, 4) is 11.5 Å². The summed E-state index contributed by atoms with van der Waals surface area (Å²) < 4.78 is 0. The van der Waals surface area contributed by atoms with Crippen molar-refractivity contribution in [3.63, 3.8) is 0 Å². The molecule has 0 amide bonds. The van der Waals surface area contributed by atoms with Gasteiger partial charge >= 0.3 is 0 Å². The van der Waals surface area contributed by atoms with Gasteiger partial charge in [0.1, 0.15) is 11.5 Å². The third-order valence-electron chi connectivity index (χ3n) is 5.38. The summed E-state index contributed by atoms with van der Waals surface area (Å²) in [7, 11) is 0. The Morgan fingerprint density at radius 3 is 2.29 bits per heavy atom. The molecule has 2 unspecified atom stereocenters. The number of unbranched alkanes of at least 4 members (excludes halogenated alkanes) is 2. The number of aliphatic hydroxyl groups excluding tert-OH is 1. The normalized spacial score (nSPS) is 24.2. The lowest BCUT2D eigenvalue weighted by atomic mass is 9.70. The van der Waals surface area contributed by atoms with E-state index in [9.17, 15) is 15.3 Å². The Morgan fingerprint density at radius 1 is 1.12 bits per heavy atom. The molecule has 0 aliphatic heterocycles. The van der Waals surface area contributed by atoms with Crippen LogP contribution in [0, 0.1) is 11.8 Å². The van der Waals surface area contributed by atoms with E-state index in [0.29, 0.717) is 17.9 Å². The van der Waals surface area contributed by atoms with Crippen molar-refractivity contribution in [3.05, 3.63) is 34.9 Å². The van der Waals surface area contributed by atoms with Crippen molar-refractivity contribution in [2.24, 2.45) is 11.8 Å². The molecule has 1 aliphatic rings. The van der Waals surface area contributed by atoms with Crippen LogP contribution in [-0.4, -0.2) is 21.4 Å². The summed E-state index contributed by atoms with van der Waals surface area (Å²) >= 11 is 0. The van der Waals surface area contributed by atoms with Crippen LogP contribution in [0.2, 0.25) is 0 Å². The number of hydrogen-bond acceptors (Lipinski definition) is 3. The molecule has 3 N–H and O–H groups in total. The van der Waals surface area contributed by atoms with Gasteiger partial charge in [-0.15, -0.1) is 0 Å². The van der Waals surface area contributed by atoms with Crippen LogP contribution in [-0.2, 0) is 6.42 Å². The predicted octanol–water partition coefficient (Wildman–Crippen LogP) is 4.90. The minimum atomic E-state index is -0.425. The number of benzene rings is 1. The summed E-state index contributed by atoms with van der Waals surface area (Å²) in [6, 6.07) is 3.60. The highest BCUT2D eigenvalue weighted by atomic mass is 16.3. The van der Waals surface area contributed by atoms with Crippen LogP contribution in [0.15, 0.2) is 23.8 Å². The Morgan fingerprint density at radius 2 is 1.75 bits per heavy atom. The largest absolute Gasteiger partial charge is 0.507 e. The zero-order valence-electron chi connectivity index (χ0n) is 15.4. The van der Waals surface area contributed by atoms with Gasteiger partial charge in [0.15, 0.2) is 0 Å². The molecule has 1 aromatic rings. The number of aliphatic hydroxyl groups is 1. The molecule has 1 aromatic carbocycles. The van der Waals surface area contributed by atoms with E-state index in [-0.39, 0.29) is 23.3 Å². The van der Waals surface area contributed by atoms with Gasteiger partial charge in [0.2, 0.25) is 0 Å². The number of hydrogen-bond donors (Lipinski definition) is 3. The number of phenols is 2. The number of aromatic hydroxyl groups is 2. The first-order valence-corrected chi connectivity index (χ1v) is 9.26. The maximum Gasteiger partial charge on any atom is 0.123 e. The van der Waals surface area contributed by atoms with E-state index >= 15 is 0 Å². The molecule has 0 spiro atoms. The Kier molecular flexibility index (Phi) is 6.34. The fourth-order valence-electron chi connectivity index (χ4n) is 3.84. The van der Waals surface area contributed by atoms with Gasteiger partial charge in [-0.05, 0) is 61.3 Å². The zero-order chi connectivity index (χ0) is 17.9. The van der Waals surface area contributed by atoms with Crippen LogP contribution in [0.3, 0.4) is 0 Å². The number of allylic oxidation sites excluding steroid dienone is 1. The molecule has 3 nitrogen and oxygen atoms in total. The zero-order valence-corrected chi connectivity index (χ0v) is 15.4. The summed E-state index contributed by atoms with van der Waals surface area (Å²) in [6.45, 7) is 8.34. The predicted molar refractivity (Wildman–Crippen MR) is 98.5 cm³/mol. The second-order valence-corrected chi connectivity index (χ2v) is 7.60. The fourth-order valence-corrected chi connectivity index (χ4v) is 3.84. The average Bonchev–Trinajstić information content (AvgIpc) is 2.50. The van der Waals surface area contributed by atoms with Crippen molar-refractivity contribution >= 4 is 0 Å². The van der Waals surface area contributed by atoms with E-state index in [0.717, 1.165) is 36.8 Å². The molecule has 3 heteroatoms. The minimum Gasteiger partial charge on any atom is -0.507 e. The summed E-state index contributed by atoms with van der Waals surface area (Å²) in [4.78, 5) is 0. The lowest BCUT2D eigenvalue weighted by Crippen LogP contribution is -2.28. The smallest absolute Gasteiger partial charge is 0.123 e. The van der Waals surface area contributed by atoms with Crippen molar-refractivity contribution in [2.75, 3.05) is 0 Å². The minimum absolute atomic E-state index is 0.0573. The molecular weight excluding hydrogens is 300 g/mol. The van der Waals surface area contributed by atoms with Gasteiger partial charge in [0, 0.05) is 11.5 Å². The molecule has 2 rings (SSSR count). The van der Waals surface area contributed by atoms with Gasteiger partial charge in [-0.2, -0.15) is 0 Å². The SMILES string of the molecule is CCCCCc1cc(O)c(C2C=C(C)C(O)C[C@H]2C(C)C)c(O)c1. The van der Waals surface area contributed by atoms with Gasteiger partial charge < -0.3 is 15.3 Å². The number of phenolic OH excluding ortho intramolecular Hbond substituents is 2. The van der Waals surface area contributed by atoms with Crippen LogP contribution in [0.25, 0.3) is 0 Å². The fraction of sp³-hybridized carbons (Fsp3) is 0.619. The quantitative estimate of drug-likeness (QED) is 0.513. The molecule has 0 bridgehead atoms. The highest BCUT2D eigenvalue weighted by Gasteiger charge is 2.34. The van der Waals surface area contributed by atoms with Crippen LogP contribution >= 0.6 is 0 Å². The van der Waals surface area contributed by atoms with Crippen LogP contribution < -0.4 is 0 Å². The molecule has 0 fully saturated rings. The third kappa shape index (κ3) is 4.13. The van der Waals surface area contributed by atoms with E-state index in [1.54, 1.807) is 12.1 Å². The standard InChI is InChI=1S/C21H32O3/c1-5-6-7-8-15-10-19(23)21(20(24)11-15)17-9-14(4)18(22)12-16(17)13(2)3/h9-11,13,16-18,22-24H,5-8,12H2,1-4H3/t16-,17?,18?/m0/s1. The highest BCUT2D eigenvalue weighted by molar-refractivity contribution is 5.51. The molecule has 3 atom stereocenters. The number of aryl methyl sites for hydroxylation is 1. The third-order valence-corrected chi connectivity index (χ3v) is 5.38. The van der Waals surface area contributed by atoms with Crippen molar-refractivity contribution in [2.45, 2.75) is 71.8 Å². The topological polar surface area (TPSA) is 60.7 Å². The Bertz CT molecular complexity index is 566. The average molecular weight is 332 g/mol. The van der Waals surface area contributed by atoms with Crippen LogP contribution in [0.4, 0.5) is 0 Å². The monoisotopic (exact) mass is 332 g/mol. The Hall–Kier alpha value is -1.48. The van der Waals surface area contributed by atoms with E-state index in [1.807, 2.05) is 13.0 Å².